The number of aliphatic hydroxyl groups is 1. The minimum absolute atomic E-state index is 0.0597. The van der Waals surface area contributed by atoms with Crippen molar-refractivity contribution in [2.45, 2.75) is 83.5 Å². The predicted molar refractivity (Wildman–Crippen MR) is 175 cm³/mol. The van der Waals surface area contributed by atoms with E-state index in [0.717, 1.165) is 62.9 Å². The van der Waals surface area contributed by atoms with Gasteiger partial charge in [0.2, 0.25) is 11.8 Å². The second-order valence-corrected chi connectivity index (χ2v) is 13.3. The van der Waals surface area contributed by atoms with Crippen molar-refractivity contribution in [1.82, 2.24) is 9.80 Å². The van der Waals surface area contributed by atoms with Crippen LogP contribution in [0.2, 0.25) is 6.32 Å². The van der Waals surface area contributed by atoms with Crippen molar-refractivity contribution < 1.29 is 33.5 Å². The van der Waals surface area contributed by atoms with E-state index in [9.17, 15) is 19.7 Å². The van der Waals surface area contributed by atoms with Crippen molar-refractivity contribution in [3.8, 4) is 0 Å². The summed E-state index contributed by atoms with van der Waals surface area (Å²) in [5, 5.41) is 20.4. The van der Waals surface area contributed by atoms with Gasteiger partial charge in [-0.1, -0.05) is 49.2 Å². The number of imide groups is 1. The van der Waals surface area contributed by atoms with Gasteiger partial charge in [0, 0.05) is 32.8 Å². The fourth-order valence-corrected chi connectivity index (χ4v) is 8.30. The molecular weight excluding hydrogens is 583 g/mol. The zero-order valence-electron chi connectivity index (χ0n) is 27.1. The Morgan fingerprint density at radius 3 is 2.54 bits per heavy atom. The van der Waals surface area contributed by atoms with E-state index in [-0.39, 0.29) is 36.5 Å². The van der Waals surface area contributed by atoms with Gasteiger partial charge >= 0.3 is 7.12 Å². The smallest absolute Gasteiger partial charge is 0.455 e. The summed E-state index contributed by atoms with van der Waals surface area (Å²) in [5.41, 5.74) is 4.55. The summed E-state index contributed by atoms with van der Waals surface area (Å²) in [7, 11) is 0.654. The Morgan fingerprint density at radius 2 is 1.85 bits per heavy atom. The van der Waals surface area contributed by atoms with Crippen molar-refractivity contribution in [2.75, 3.05) is 26.8 Å². The number of likely N-dealkylation sites (tertiary alicyclic amines) is 2. The van der Waals surface area contributed by atoms with Gasteiger partial charge < -0.3 is 23.9 Å². The molecular formula is C36H47BN2O7. The maximum Gasteiger partial charge on any atom is 0.455 e. The van der Waals surface area contributed by atoms with E-state index < -0.39 is 19.0 Å². The third kappa shape index (κ3) is 6.97. The van der Waals surface area contributed by atoms with Crippen LogP contribution in [0, 0.1) is 17.8 Å². The summed E-state index contributed by atoms with van der Waals surface area (Å²) in [6.07, 6.45) is 7.21. The number of allylic oxidation sites excluding steroid dienone is 1. The second-order valence-electron chi connectivity index (χ2n) is 13.3. The zero-order valence-corrected chi connectivity index (χ0v) is 27.1. The number of hydrogen-bond acceptors (Lipinski definition) is 8. The first-order chi connectivity index (χ1) is 22.4. The summed E-state index contributed by atoms with van der Waals surface area (Å²) >= 11 is 0. The van der Waals surface area contributed by atoms with Crippen LogP contribution in [-0.2, 0) is 32.1 Å². The van der Waals surface area contributed by atoms with Crippen LogP contribution in [0.25, 0.3) is 6.08 Å². The highest BCUT2D eigenvalue weighted by Gasteiger charge is 2.58. The highest BCUT2D eigenvalue weighted by molar-refractivity contribution is 6.43. The number of aliphatic hydroxyl groups excluding tert-OH is 1. The second kappa shape index (κ2) is 14.8. The maximum absolute atomic E-state index is 14.2. The molecule has 0 unspecified atom stereocenters. The molecule has 0 radical (unpaired) electrons. The highest BCUT2D eigenvalue weighted by Crippen LogP contribution is 2.51. The van der Waals surface area contributed by atoms with Gasteiger partial charge in [0.05, 0.1) is 24.5 Å². The first-order valence-corrected chi connectivity index (χ1v) is 17.0. The van der Waals surface area contributed by atoms with E-state index in [1.165, 1.54) is 11.1 Å². The van der Waals surface area contributed by atoms with Crippen LogP contribution in [0.1, 0.15) is 69.0 Å². The predicted octanol–water partition coefficient (Wildman–Crippen LogP) is 4.84. The van der Waals surface area contributed by atoms with Gasteiger partial charge in [-0.2, -0.15) is 0 Å². The molecule has 0 saturated carbocycles. The van der Waals surface area contributed by atoms with E-state index in [4.69, 9.17) is 13.8 Å². The van der Waals surface area contributed by atoms with E-state index in [1.54, 1.807) is 18.1 Å². The lowest BCUT2D eigenvalue weighted by atomic mass is 9.58. The van der Waals surface area contributed by atoms with Gasteiger partial charge in [-0.05, 0) is 85.7 Å². The van der Waals surface area contributed by atoms with E-state index in [2.05, 4.69) is 36.1 Å². The molecule has 6 rings (SSSR count). The molecule has 3 fully saturated rings. The number of methoxy groups -OCH3 is 1. The highest BCUT2D eigenvalue weighted by atomic mass is 16.5. The van der Waals surface area contributed by atoms with E-state index >= 15 is 0 Å². The first-order valence-electron chi connectivity index (χ1n) is 17.0. The first kappa shape index (κ1) is 32.9. The molecule has 1 aliphatic carbocycles. The summed E-state index contributed by atoms with van der Waals surface area (Å²) in [5.74, 6) is -0.0590. The summed E-state index contributed by atoms with van der Waals surface area (Å²) < 4.78 is 17.5. The van der Waals surface area contributed by atoms with E-state index in [1.807, 2.05) is 18.2 Å². The fraction of sp³-hybridized carbons (Fsp3) is 0.556. The van der Waals surface area contributed by atoms with Gasteiger partial charge in [-0.15, -0.1) is 0 Å². The van der Waals surface area contributed by atoms with Crippen LogP contribution in [0.15, 0.2) is 63.6 Å². The molecule has 0 spiro atoms. The largest absolute Gasteiger partial charge is 0.459 e. The topological polar surface area (TPSA) is 113 Å². The number of amides is 2. The molecule has 1 aromatic carbocycles. The molecule has 0 bridgehead atoms. The molecule has 4 aliphatic rings. The number of carbonyl (C=O) groups excluding carboxylic acids is 2. The van der Waals surface area contributed by atoms with Crippen molar-refractivity contribution in [2.24, 2.45) is 17.8 Å². The SMILES string of the molecule is CCC/C(=C\c1ccc(CO)o1)CC[C@H]1OB(O)C[C@H]2C1=C(COC)C[C@H]1C(=O)N(C3CCN(Cc4ccccc4)CC3)C(=O)[C@H]12. The Balaban J connectivity index is 1.18. The Kier molecular flexibility index (Phi) is 10.6. The van der Waals surface area contributed by atoms with Crippen molar-refractivity contribution in [1.29, 1.82) is 0 Å². The average molecular weight is 631 g/mol. The third-order valence-corrected chi connectivity index (χ3v) is 10.3. The lowest BCUT2D eigenvalue weighted by molar-refractivity contribution is -0.144. The number of piperidine rings is 1. The molecule has 10 heteroatoms. The van der Waals surface area contributed by atoms with Crippen LogP contribution in [0.4, 0.5) is 0 Å². The van der Waals surface area contributed by atoms with Crippen LogP contribution in [-0.4, -0.2) is 77.8 Å². The van der Waals surface area contributed by atoms with Crippen LogP contribution >= 0.6 is 0 Å². The Bertz CT molecular complexity index is 1430. The van der Waals surface area contributed by atoms with Gasteiger partial charge in [-0.25, -0.2) is 0 Å². The lowest BCUT2D eigenvalue weighted by Crippen LogP contribution is -2.48. The Hall–Kier alpha value is -3.02. The van der Waals surface area contributed by atoms with Crippen molar-refractivity contribution >= 4 is 25.0 Å². The monoisotopic (exact) mass is 630 g/mol. The van der Waals surface area contributed by atoms with Gasteiger partial charge in [0.1, 0.15) is 18.1 Å². The van der Waals surface area contributed by atoms with Gasteiger partial charge in [-0.3, -0.25) is 19.4 Å². The lowest BCUT2D eigenvalue weighted by Gasteiger charge is -2.43. The Labute approximate surface area is 272 Å². The molecule has 3 aliphatic heterocycles. The molecule has 3 saturated heterocycles. The number of ether oxygens (including phenoxy) is 1. The number of fused-ring (bicyclic) bond motifs is 3. The minimum Gasteiger partial charge on any atom is -0.459 e. The molecule has 4 atom stereocenters. The number of hydrogen-bond donors (Lipinski definition) is 2. The number of rotatable bonds is 12. The number of carbonyl (C=O) groups is 2. The molecule has 4 heterocycles. The molecule has 2 aromatic rings. The molecule has 2 N–H and O–H groups in total. The number of nitrogens with zero attached hydrogens (tertiary/aromatic N) is 2. The summed E-state index contributed by atoms with van der Waals surface area (Å²) in [6, 6.07) is 13.9. The fourth-order valence-electron chi connectivity index (χ4n) is 8.30. The van der Waals surface area contributed by atoms with Crippen molar-refractivity contribution in [3.05, 3.63) is 76.3 Å². The number of furan rings is 1. The van der Waals surface area contributed by atoms with E-state index in [0.29, 0.717) is 37.3 Å². The molecule has 46 heavy (non-hydrogen) atoms. The molecule has 246 valence electrons. The third-order valence-electron chi connectivity index (χ3n) is 10.3. The summed E-state index contributed by atoms with van der Waals surface area (Å²) in [6.45, 7) is 4.92. The minimum atomic E-state index is -1.00. The maximum atomic E-state index is 14.2. The molecule has 9 nitrogen and oxygen atoms in total. The molecule has 1 aromatic heterocycles. The zero-order chi connectivity index (χ0) is 32.2. The number of benzene rings is 1. The van der Waals surface area contributed by atoms with Crippen LogP contribution < -0.4 is 0 Å². The quantitative estimate of drug-likeness (QED) is 0.195. The van der Waals surface area contributed by atoms with Crippen LogP contribution in [0.5, 0.6) is 0 Å². The Morgan fingerprint density at radius 1 is 1.07 bits per heavy atom. The summed E-state index contributed by atoms with van der Waals surface area (Å²) in [4.78, 5) is 32.2. The molecule has 2 amide bonds. The van der Waals surface area contributed by atoms with Crippen molar-refractivity contribution in [3.63, 3.8) is 0 Å². The normalized spacial score (nSPS) is 26.2. The van der Waals surface area contributed by atoms with Gasteiger partial charge in [0.25, 0.3) is 0 Å². The standard InChI is InChI=1S/C36H47BN2O7/c1-3-7-24(18-28-11-12-29(22-40)45-28)10-13-32-33-26(23-44-2)19-30-34(31(33)20-37(43)46-32)36(42)39(35(30)41)27-14-16-38(17-15-27)21-25-8-5-4-6-9-25/h4-6,8-9,11-12,18,27,30-32,34,40,43H,3,7,10,13-17,19-23H2,1-2H3/b24-18+/t30-,31+,32-,34-/m1/s1. The van der Waals surface area contributed by atoms with Crippen LogP contribution in [0.3, 0.4) is 0 Å². The average Bonchev–Trinajstić information content (AvgIpc) is 3.61. The van der Waals surface area contributed by atoms with Gasteiger partial charge in [0.15, 0.2) is 0 Å².